The van der Waals surface area contributed by atoms with Gasteiger partial charge in [0.25, 0.3) is 0 Å². The number of para-hydroxylation sites is 1. The van der Waals surface area contributed by atoms with Crippen molar-refractivity contribution in [3.05, 3.63) is 29.8 Å². The van der Waals surface area contributed by atoms with E-state index in [0.717, 1.165) is 12.1 Å². The maximum Gasteiger partial charge on any atom is 0.305 e. The summed E-state index contributed by atoms with van der Waals surface area (Å²) in [6.07, 6.45) is -0.162. The molecule has 1 rings (SSSR count). The van der Waals surface area contributed by atoms with Crippen molar-refractivity contribution >= 4 is 11.7 Å². The Balaban J connectivity index is 2.81. The number of carbonyl (C=O) groups is 1. The van der Waals surface area contributed by atoms with E-state index in [1.165, 1.54) is 18.0 Å². The minimum Gasteiger partial charge on any atom is -0.481 e. The number of carboxylic acid groups (broad SMARTS) is 1. The minimum absolute atomic E-state index is 0.0627. The van der Waals surface area contributed by atoms with Gasteiger partial charge in [-0.2, -0.15) is 0 Å². The zero-order valence-electron chi connectivity index (χ0n) is 8.20. The molecule has 15 heavy (non-hydrogen) atoms. The van der Waals surface area contributed by atoms with Gasteiger partial charge in [0.2, 0.25) is 0 Å². The molecule has 0 aromatic heterocycles. The second-order valence-electron chi connectivity index (χ2n) is 3.14. The van der Waals surface area contributed by atoms with Crippen LogP contribution in [0.5, 0.6) is 0 Å². The highest BCUT2D eigenvalue weighted by atomic mass is 19.1. The van der Waals surface area contributed by atoms with E-state index < -0.39 is 17.6 Å². The highest BCUT2D eigenvalue weighted by Gasteiger charge is 2.13. The normalized spacial score (nSPS) is 10.1. The molecule has 0 aliphatic rings. The Bertz CT molecular complexity index is 348. The largest absolute Gasteiger partial charge is 0.481 e. The molecule has 0 fully saturated rings. The van der Waals surface area contributed by atoms with Crippen LogP contribution in [0.4, 0.5) is 14.5 Å². The number of hydrogen-bond donors (Lipinski definition) is 1. The number of carboxylic acids is 1. The summed E-state index contributed by atoms with van der Waals surface area (Å²) in [7, 11) is 1.45. The van der Waals surface area contributed by atoms with E-state index in [4.69, 9.17) is 5.11 Å². The van der Waals surface area contributed by atoms with Gasteiger partial charge >= 0.3 is 5.97 Å². The first kappa shape index (κ1) is 11.4. The van der Waals surface area contributed by atoms with E-state index in [-0.39, 0.29) is 18.7 Å². The first-order valence-corrected chi connectivity index (χ1v) is 4.39. The van der Waals surface area contributed by atoms with Gasteiger partial charge < -0.3 is 10.0 Å². The van der Waals surface area contributed by atoms with Crippen LogP contribution in [0.15, 0.2) is 18.2 Å². The van der Waals surface area contributed by atoms with Crippen molar-refractivity contribution in [1.29, 1.82) is 0 Å². The molecule has 0 amide bonds. The summed E-state index contributed by atoms with van der Waals surface area (Å²) in [4.78, 5) is 11.5. The maximum absolute atomic E-state index is 13.2. The van der Waals surface area contributed by atoms with Crippen molar-refractivity contribution in [1.82, 2.24) is 0 Å². The molecule has 0 saturated heterocycles. The summed E-state index contributed by atoms with van der Waals surface area (Å²) in [6.45, 7) is 0.0627. The molecule has 1 aromatic rings. The molecule has 82 valence electrons. The summed E-state index contributed by atoms with van der Waals surface area (Å²) >= 11 is 0. The lowest BCUT2D eigenvalue weighted by Crippen LogP contribution is -2.23. The number of benzene rings is 1. The van der Waals surface area contributed by atoms with E-state index in [9.17, 15) is 13.6 Å². The third-order valence-electron chi connectivity index (χ3n) is 1.98. The van der Waals surface area contributed by atoms with Gasteiger partial charge in [0, 0.05) is 13.6 Å². The first-order valence-electron chi connectivity index (χ1n) is 4.39. The Morgan fingerprint density at radius 3 is 2.40 bits per heavy atom. The molecule has 0 aliphatic heterocycles. The van der Waals surface area contributed by atoms with Crippen molar-refractivity contribution in [3.63, 3.8) is 0 Å². The van der Waals surface area contributed by atoms with Gasteiger partial charge in [-0.25, -0.2) is 8.78 Å². The summed E-state index contributed by atoms with van der Waals surface area (Å²) in [5.41, 5.74) is -0.196. The third kappa shape index (κ3) is 2.90. The van der Waals surface area contributed by atoms with Crippen LogP contribution >= 0.6 is 0 Å². The van der Waals surface area contributed by atoms with E-state index in [1.807, 2.05) is 0 Å². The molecule has 1 aromatic carbocycles. The third-order valence-corrected chi connectivity index (χ3v) is 1.98. The second kappa shape index (κ2) is 4.72. The molecule has 0 atom stereocenters. The van der Waals surface area contributed by atoms with Crippen LogP contribution in [0.25, 0.3) is 0 Å². The van der Waals surface area contributed by atoms with Crippen molar-refractivity contribution in [2.75, 3.05) is 18.5 Å². The van der Waals surface area contributed by atoms with Gasteiger partial charge in [-0.1, -0.05) is 6.07 Å². The molecule has 0 spiro atoms. The fraction of sp³-hybridized carbons (Fsp3) is 0.300. The number of aliphatic carboxylic acids is 1. The van der Waals surface area contributed by atoms with Crippen molar-refractivity contribution in [2.45, 2.75) is 6.42 Å². The zero-order chi connectivity index (χ0) is 11.4. The number of rotatable bonds is 4. The predicted molar refractivity (Wildman–Crippen MR) is 51.9 cm³/mol. The summed E-state index contributed by atoms with van der Waals surface area (Å²) in [5.74, 6) is -2.38. The Kier molecular flexibility index (Phi) is 3.60. The van der Waals surface area contributed by atoms with Crippen molar-refractivity contribution in [3.8, 4) is 0 Å². The lowest BCUT2D eigenvalue weighted by atomic mass is 10.2. The molecule has 5 heteroatoms. The molecular formula is C10H11F2NO2. The Labute approximate surface area is 85.9 Å². The van der Waals surface area contributed by atoms with Gasteiger partial charge in [-0.15, -0.1) is 0 Å². The lowest BCUT2D eigenvalue weighted by Gasteiger charge is -2.19. The van der Waals surface area contributed by atoms with Gasteiger partial charge in [-0.3, -0.25) is 4.79 Å². The summed E-state index contributed by atoms with van der Waals surface area (Å²) in [5, 5.41) is 8.43. The molecule has 3 nitrogen and oxygen atoms in total. The number of halogens is 2. The van der Waals surface area contributed by atoms with Gasteiger partial charge in [0.05, 0.1) is 6.42 Å². The zero-order valence-corrected chi connectivity index (χ0v) is 8.20. The molecule has 0 unspecified atom stereocenters. The summed E-state index contributed by atoms with van der Waals surface area (Å²) < 4.78 is 26.4. The van der Waals surface area contributed by atoms with Crippen LogP contribution in [0.1, 0.15) is 6.42 Å². The van der Waals surface area contributed by atoms with E-state index in [2.05, 4.69) is 0 Å². The SMILES string of the molecule is CN(CCC(=O)O)c1c(F)cccc1F. The fourth-order valence-electron chi connectivity index (χ4n) is 1.23. The highest BCUT2D eigenvalue weighted by Crippen LogP contribution is 2.21. The van der Waals surface area contributed by atoms with Crippen molar-refractivity contribution in [2.24, 2.45) is 0 Å². The first-order chi connectivity index (χ1) is 7.02. The average molecular weight is 215 g/mol. The Morgan fingerprint density at radius 1 is 1.40 bits per heavy atom. The molecule has 0 aliphatic carbocycles. The smallest absolute Gasteiger partial charge is 0.305 e. The van der Waals surface area contributed by atoms with E-state index >= 15 is 0 Å². The monoisotopic (exact) mass is 215 g/mol. The van der Waals surface area contributed by atoms with E-state index in [0.29, 0.717) is 0 Å². The highest BCUT2D eigenvalue weighted by molar-refractivity contribution is 5.67. The predicted octanol–water partition coefficient (Wildman–Crippen LogP) is 1.88. The van der Waals surface area contributed by atoms with Crippen LogP contribution in [-0.2, 0) is 4.79 Å². The minimum atomic E-state index is -1.00. The van der Waals surface area contributed by atoms with Crippen LogP contribution in [0.2, 0.25) is 0 Å². The quantitative estimate of drug-likeness (QED) is 0.833. The average Bonchev–Trinajstić information content (AvgIpc) is 2.14. The van der Waals surface area contributed by atoms with Crippen LogP contribution in [-0.4, -0.2) is 24.7 Å². The molecule has 0 heterocycles. The molecule has 0 bridgehead atoms. The van der Waals surface area contributed by atoms with Crippen molar-refractivity contribution < 1.29 is 18.7 Å². The number of anilines is 1. The Morgan fingerprint density at radius 2 is 1.93 bits per heavy atom. The second-order valence-corrected chi connectivity index (χ2v) is 3.14. The van der Waals surface area contributed by atoms with Crippen LogP contribution in [0, 0.1) is 11.6 Å². The topological polar surface area (TPSA) is 40.5 Å². The maximum atomic E-state index is 13.2. The molecule has 0 radical (unpaired) electrons. The van der Waals surface area contributed by atoms with Gasteiger partial charge in [-0.05, 0) is 12.1 Å². The Hall–Kier alpha value is -1.65. The number of nitrogens with zero attached hydrogens (tertiary/aromatic N) is 1. The van der Waals surface area contributed by atoms with Gasteiger partial charge in [0.15, 0.2) is 0 Å². The molecule has 0 saturated carbocycles. The van der Waals surface area contributed by atoms with Crippen LogP contribution in [0.3, 0.4) is 0 Å². The fourth-order valence-corrected chi connectivity index (χ4v) is 1.23. The molecule has 1 N–H and O–H groups in total. The van der Waals surface area contributed by atoms with Gasteiger partial charge in [0.1, 0.15) is 17.3 Å². The standard InChI is InChI=1S/C10H11F2NO2/c1-13(6-5-9(14)15)10-7(11)3-2-4-8(10)12/h2-4H,5-6H2,1H3,(H,14,15). The lowest BCUT2D eigenvalue weighted by molar-refractivity contribution is -0.136. The summed E-state index contributed by atoms with van der Waals surface area (Å²) in [6, 6.07) is 3.53. The van der Waals surface area contributed by atoms with E-state index in [1.54, 1.807) is 0 Å². The number of hydrogen-bond acceptors (Lipinski definition) is 2. The molecular weight excluding hydrogens is 204 g/mol. The van der Waals surface area contributed by atoms with Crippen LogP contribution < -0.4 is 4.90 Å².